The first-order valence-electron chi connectivity index (χ1n) is 8.82. The highest BCUT2D eigenvalue weighted by atomic mass is 16.6. The molecule has 0 unspecified atom stereocenters. The first kappa shape index (κ1) is 21.2. The standard InChI is InChI=1S/C22H26O6/c1-15-10-16(2)12-18(11-15)27-8-9-28-21(23)7-6-17-13-19(24-3)22(26-5)20(14-17)25-4/h6-7,10-14H,8-9H2,1-5H3/b7-6+. The highest BCUT2D eigenvalue weighted by molar-refractivity contribution is 5.87. The molecule has 2 aromatic rings. The molecule has 0 aliphatic rings. The lowest BCUT2D eigenvalue weighted by molar-refractivity contribution is -0.138. The summed E-state index contributed by atoms with van der Waals surface area (Å²) in [5.74, 6) is 1.82. The number of benzene rings is 2. The Balaban J connectivity index is 1.89. The van der Waals surface area contributed by atoms with Crippen LogP contribution in [-0.4, -0.2) is 40.5 Å². The van der Waals surface area contributed by atoms with Crippen molar-refractivity contribution in [2.75, 3.05) is 34.5 Å². The molecule has 0 aromatic heterocycles. The third-order valence-corrected chi connectivity index (χ3v) is 3.89. The summed E-state index contributed by atoms with van der Waals surface area (Å²) in [5, 5.41) is 0. The Bertz CT molecular complexity index is 796. The van der Waals surface area contributed by atoms with Gasteiger partial charge in [0.25, 0.3) is 0 Å². The predicted molar refractivity (Wildman–Crippen MR) is 108 cm³/mol. The maximum atomic E-state index is 11.9. The fourth-order valence-electron chi connectivity index (χ4n) is 2.73. The maximum absolute atomic E-state index is 11.9. The van der Waals surface area contributed by atoms with Gasteiger partial charge in [0.05, 0.1) is 21.3 Å². The summed E-state index contributed by atoms with van der Waals surface area (Å²) in [4.78, 5) is 11.9. The number of carbonyl (C=O) groups is 1. The number of methoxy groups -OCH3 is 3. The van der Waals surface area contributed by atoms with Crippen LogP contribution in [0.5, 0.6) is 23.0 Å². The molecule has 0 radical (unpaired) electrons. The number of esters is 1. The van der Waals surface area contributed by atoms with E-state index in [4.69, 9.17) is 23.7 Å². The largest absolute Gasteiger partial charge is 0.493 e. The van der Waals surface area contributed by atoms with Crippen molar-refractivity contribution < 1.29 is 28.5 Å². The summed E-state index contributed by atoms with van der Waals surface area (Å²) < 4.78 is 26.6. The zero-order valence-electron chi connectivity index (χ0n) is 16.9. The van der Waals surface area contributed by atoms with E-state index >= 15 is 0 Å². The maximum Gasteiger partial charge on any atom is 0.330 e. The lowest BCUT2D eigenvalue weighted by Gasteiger charge is -2.12. The Morgan fingerprint density at radius 3 is 2.00 bits per heavy atom. The van der Waals surface area contributed by atoms with Crippen molar-refractivity contribution in [3.8, 4) is 23.0 Å². The number of rotatable bonds is 9. The van der Waals surface area contributed by atoms with Gasteiger partial charge in [0.1, 0.15) is 19.0 Å². The molecular formula is C22H26O6. The smallest absolute Gasteiger partial charge is 0.330 e. The number of hydrogen-bond donors (Lipinski definition) is 0. The molecule has 6 heteroatoms. The lowest BCUT2D eigenvalue weighted by atomic mass is 10.1. The van der Waals surface area contributed by atoms with E-state index < -0.39 is 5.97 Å². The van der Waals surface area contributed by atoms with Gasteiger partial charge in [-0.1, -0.05) is 6.07 Å². The van der Waals surface area contributed by atoms with Gasteiger partial charge in [-0.05, 0) is 60.9 Å². The van der Waals surface area contributed by atoms with Crippen molar-refractivity contribution in [3.63, 3.8) is 0 Å². The molecule has 6 nitrogen and oxygen atoms in total. The molecule has 0 saturated heterocycles. The lowest BCUT2D eigenvalue weighted by Crippen LogP contribution is -2.10. The summed E-state index contributed by atoms with van der Waals surface area (Å²) in [6, 6.07) is 9.45. The molecule has 28 heavy (non-hydrogen) atoms. The number of aryl methyl sites for hydroxylation is 2. The van der Waals surface area contributed by atoms with Gasteiger partial charge in [-0.3, -0.25) is 0 Å². The van der Waals surface area contributed by atoms with E-state index in [-0.39, 0.29) is 13.2 Å². The van der Waals surface area contributed by atoms with E-state index in [1.165, 1.54) is 27.4 Å². The van der Waals surface area contributed by atoms with E-state index in [0.717, 1.165) is 22.4 Å². The van der Waals surface area contributed by atoms with E-state index in [2.05, 4.69) is 6.07 Å². The minimum atomic E-state index is -0.460. The fourth-order valence-corrected chi connectivity index (χ4v) is 2.73. The SMILES string of the molecule is COc1cc(/C=C/C(=O)OCCOc2cc(C)cc(C)c2)cc(OC)c1OC. The minimum Gasteiger partial charge on any atom is -0.493 e. The van der Waals surface area contributed by atoms with Crippen molar-refractivity contribution >= 4 is 12.0 Å². The average Bonchev–Trinajstić information content (AvgIpc) is 2.68. The highest BCUT2D eigenvalue weighted by Gasteiger charge is 2.12. The second-order valence-corrected chi connectivity index (χ2v) is 6.13. The van der Waals surface area contributed by atoms with Gasteiger partial charge in [-0.15, -0.1) is 0 Å². The molecule has 0 atom stereocenters. The second-order valence-electron chi connectivity index (χ2n) is 6.13. The zero-order chi connectivity index (χ0) is 20.5. The van der Waals surface area contributed by atoms with Crippen LogP contribution in [0, 0.1) is 13.8 Å². The molecule has 0 fully saturated rings. The van der Waals surface area contributed by atoms with Crippen LogP contribution in [0.2, 0.25) is 0 Å². The topological polar surface area (TPSA) is 63.2 Å². The third-order valence-electron chi connectivity index (χ3n) is 3.89. The van der Waals surface area contributed by atoms with Crippen molar-refractivity contribution in [2.45, 2.75) is 13.8 Å². The van der Waals surface area contributed by atoms with Crippen LogP contribution in [0.15, 0.2) is 36.4 Å². The van der Waals surface area contributed by atoms with Crippen molar-refractivity contribution in [1.29, 1.82) is 0 Å². The summed E-state index contributed by atoms with van der Waals surface area (Å²) in [7, 11) is 4.61. The van der Waals surface area contributed by atoms with Gasteiger partial charge < -0.3 is 23.7 Å². The summed E-state index contributed by atoms with van der Waals surface area (Å²) >= 11 is 0. The number of ether oxygens (including phenoxy) is 5. The molecule has 0 spiro atoms. The number of hydrogen-bond acceptors (Lipinski definition) is 6. The molecule has 0 aliphatic carbocycles. The Labute approximate surface area is 165 Å². The molecule has 2 rings (SSSR count). The second kappa shape index (κ2) is 10.3. The third kappa shape index (κ3) is 5.94. The van der Waals surface area contributed by atoms with Crippen molar-refractivity contribution in [3.05, 3.63) is 53.1 Å². The van der Waals surface area contributed by atoms with Crippen LogP contribution >= 0.6 is 0 Å². The van der Waals surface area contributed by atoms with Crippen LogP contribution in [0.1, 0.15) is 16.7 Å². The van der Waals surface area contributed by atoms with Gasteiger partial charge >= 0.3 is 5.97 Å². The van der Waals surface area contributed by atoms with Crippen molar-refractivity contribution in [1.82, 2.24) is 0 Å². The van der Waals surface area contributed by atoms with Crippen LogP contribution < -0.4 is 18.9 Å². The molecule has 0 aliphatic heterocycles. The first-order chi connectivity index (χ1) is 13.5. The quantitative estimate of drug-likeness (QED) is 0.369. The summed E-state index contributed by atoms with van der Waals surface area (Å²) in [6.45, 7) is 4.46. The van der Waals surface area contributed by atoms with Gasteiger partial charge in [0, 0.05) is 6.08 Å². The van der Waals surface area contributed by atoms with Crippen molar-refractivity contribution in [2.24, 2.45) is 0 Å². The minimum absolute atomic E-state index is 0.158. The zero-order valence-corrected chi connectivity index (χ0v) is 16.9. The molecule has 150 valence electrons. The van der Waals surface area contributed by atoms with Crippen LogP contribution in [0.3, 0.4) is 0 Å². The highest BCUT2D eigenvalue weighted by Crippen LogP contribution is 2.38. The van der Waals surface area contributed by atoms with E-state index in [1.807, 2.05) is 26.0 Å². The Hall–Kier alpha value is -3.15. The monoisotopic (exact) mass is 386 g/mol. The molecule has 0 heterocycles. The molecular weight excluding hydrogens is 360 g/mol. The van der Waals surface area contributed by atoms with E-state index in [9.17, 15) is 4.79 Å². The normalized spacial score (nSPS) is 10.6. The molecule has 0 amide bonds. The Kier molecular flexibility index (Phi) is 7.75. The Morgan fingerprint density at radius 1 is 0.857 bits per heavy atom. The number of carbonyl (C=O) groups excluding carboxylic acids is 1. The van der Waals surface area contributed by atoms with Gasteiger partial charge in [-0.2, -0.15) is 0 Å². The van der Waals surface area contributed by atoms with Crippen LogP contribution in [0.25, 0.3) is 6.08 Å². The Morgan fingerprint density at radius 2 is 1.46 bits per heavy atom. The summed E-state index contributed by atoms with van der Waals surface area (Å²) in [6.07, 6.45) is 2.97. The average molecular weight is 386 g/mol. The van der Waals surface area contributed by atoms with E-state index in [0.29, 0.717) is 17.2 Å². The summed E-state index contributed by atoms with van der Waals surface area (Å²) in [5.41, 5.74) is 2.97. The molecule has 0 saturated carbocycles. The first-order valence-corrected chi connectivity index (χ1v) is 8.82. The van der Waals surface area contributed by atoms with Crippen LogP contribution in [-0.2, 0) is 9.53 Å². The predicted octanol–water partition coefficient (Wildman–Crippen LogP) is 3.96. The van der Waals surface area contributed by atoms with Crippen LogP contribution in [0.4, 0.5) is 0 Å². The van der Waals surface area contributed by atoms with Gasteiger partial charge in [-0.25, -0.2) is 4.79 Å². The fraction of sp³-hybridized carbons (Fsp3) is 0.318. The van der Waals surface area contributed by atoms with E-state index in [1.54, 1.807) is 18.2 Å². The molecule has 2 aromatic carbocycles. The van der Waals surface area contributed by atoms with Gasteiger partial charge in [0.15, 0.2) is 11.5 Å². The molecule has 0 bridgehead atoms. The molecule has 0 N–H and O–H groups in total. The van der Waals surface area contributed by atoms with Gasteiger partial charge in [0.2, 0.25) is 5.75 Å².